The topological polar surface area (TPSA) is 161 Å². The van der Waals surface area contributed by atoms with E-state index in [4.69, 9.17) is 14.7 Å². The van der Waals surface area contributed by atoms with Crippen molar-refractivity contribution in [1.82, 2.24) is 31.0 Å². The summed E-state index contributed by atoms with van der Waals surface area (Å²) >= 11 is 1.51. The monoisotopic (exact) mass is 618 g/mol. The molecule has 0 radical (unpaired) electrons. The Balaban J connectivity index is 1.24. The molecule has 5 rings (SSSR count). The summed E-state index contributed by atoms with van der Waals surface area (Å²) in [5.74, 6) is -0.0896. The Hall–Kier alpha value is -4.14. The molecule has 12 nitrogen and oxygen atoms in total. The molecule has 0 saturated carbocycles. The molecule has 4 aromatic rings. The number of carbonyl (C=O) groups is 2. The maximum Gasteiger partial charge on any atom is 0.243 e. The third kappa shape index (κ3) is 8.49. The summed E-state index contributed by atoms with van der Waals surface area (Å²) in [6, 6.07) is 25.1. The van der Waals surface area contributed by atoms with Gasteiger partial charge in [0.2, 0.25) is 17.0 Å². The zero-order valence-electron chi connectivity index (χ0n) is 23.9. The number of benzene rings is 3. The molecule has 13 heteroatoms. The second kappa shape index (κ2) is 15.5. The van der Waals surface area contributed by atoms with Crippen LogP contribution in [0.5, 0.6) is 0 Å². The molecule has 1 fully saturated rings. The van der Waals surface area contributed by atoms with E-state index in [2.05, 4.69) is 20.8 Å². The Morgan fingerprint density at radius 3 is 2.34 bits per heavy atom. The average molecular weight is 619 g/mol. The van der Waals surface area contributed by atoms with Crippen LogP contribution >= 0.6 is 11.8 Å². The lowest BCUT2D eigenvalue weighted by atomic mass is 10.0. The highest BCUT2D eigenvalue weighted by Gasteiger charge is 2.32. The van der Waals surface area contributed by atoms with Gasteiger partial charge < -0.3 is 19.9 Å². The standard InChI is InChI=1S/C31H34N6O6S/c38-19-22-11-13-23(14-12-22)27-17-26(20-44-31-33-35-36-37(31)25-5-2-1-3-6-25)42-30(43-27)24-15-9-21(10-16-24)18-32-28(39)7-4-8-29(40)34-41/h1-3,5-6,9-16,26-27,30,38,41H,4,7-8,17-20H2,(H,32,39)(H,34,40). The highest BCUT2D eigenvalue weighted by Crippen LogP contribution is 2.39. The Kier molecular flexibility index (Phi) is 11.1. The Labute approximate surface area is 258 Å². The quantitative estimate of drug-likeness (QED) is 0.0986. The van der Waals surface area contributed by atoms with Gasteiger partial charge >= 0.3 is 0 Å². The van der Waals surface area contributed by atoms with Gasteiger partial charge in [-0.05, 0) is 45.7 Å². The number of hydroxylamine groups is 1. The predicted molar refractivity (Wildman–Crippen MR) is 160 cm³/mol. The molecule has 1 saturated heterocycles. The summed E-state index contributed by atoms with van der Waals surface area (Å²) < 4.78 is 14.6. The van der Waals surface area contributed by atoms with E-state index in [0.29, 0.717) is 30.3 Å². The number of rotatable bonds is 13. The fraction of sp³-hybridized carbons (Fsp3) is 0.323. The largest absolute Gasteiger partial charge is 0.392 e. The summed E-state index contributed by atoms with van der Waals surface area (Å²) in [5, 5.41) is 33.8. The van der Waals surface area contributed by atoms with Gasteiger partial charge in [-0.15, -0.1) is 5.10 Å². The van der Waals surface area contributed by atoms with Crippen LogP contribution in [-0.2, 0) is 32.2 Å². The third-order valence-corrected chi connectivity index (χ3v) is 8.18. The van der Waals surface area contributed by atoms with E-state index in [0.717, 1.165) is 27.9 Å². The van der Waals surface area contributed by atoms with Gasteiger partial charge in [-0.3, -0.25) is 14.8 Å². The molecular formula is C31H34N6O6S. The molecule has 4 N–H and O–H groups in total. The van der Waals surface area contributed by atoms with Gasteiger partial charge in [-0.25, -0.2) is 5.48 Å². The molecule has 1 aliphatic rings. The van der Waals surface area contributed by atoms with Crippen molar-refractivity contribution in [2.24, 2.45) is 0 Å². The van der Waals surface area contributed by atoms with Gasteiger partial charge in [-0.1, -0.05) is 78.5 Å². The Morgan fingerprint density at radius 2 is 1.61 bits per heavy atom. The first-order valence-corrected chi connectivity index (χ1v) is 15.3. The molecule has 2 amide bonds. The van der Waals surface area contributed by atoms with Crippen LogP contribution in [0.3, 0.4) is 0 Å². The predicted octanol–water partition coefficient (Wildman–Crippen LogP) is 3.78. The molecular weight excluding hydrogens is 584 g/mol. The minimum atomic E-state index is -0.622. The van der Waals surface area contributed by atoms with Gasteiger partial charge in [0.05, 0.1) is 24.5 Å². The zero-order chi connectivity index (χ0) is 30.7. The summed E-state index contributed by atoms with van der Waals surface area (Å²) in [7, 11) is 0. The number of carbonyl (C=O) groups excluding carboxylic acids is 2. The third-order valence-electron chi connectivity index (χ3n) is 7.13. The number of ether oxygens (including phenoxy) is 2. The molecule has 0 aliphatic carbocycles. The van der Waals surface area contributed by atoms with Crippen molar-refractivity contribution in [1.29, 1.82) is 0 Å². The molecule has 1 aromatic heterocycles. The highest BCUT2D eigenvalue weighted by atomic mass is 32.2. The number of hydrogen-bond acceptors (Lipinski definition) is 10. The number of aromatic nitrogens is 4. The van der Waals surface area contributed by atoms with Gasteiger partial charge in [-0.2, -0.15) is 4.68 Å². The second-order valence-electron chi connectivity index (χ2n) is 10.3. The fourth-order valence-corrected chi connectivity index (χ4v) is 5.65. The number of tetrazole rings is 1. The lowest BCUT2D eigenvalue weighted by Crippen LogP contribution is -2.31. The molecule has 1 aliphatic heterocycles. The van der Waals surface area contributed by atoms with Crippen LogP contribution in [0, 0.1) is 0 Å². The van der Waals surface area contributed by atoms with E-state index in [1.165, 1.54) is 11.8 Å². The van der Waals surface area contributed by atoms with Crippen LogP contribution < -0.4 is 10.8 Å². The van der Waals surface area contributed by atoms with Crippen LogP contribution in [0.15, 0.2) is 84.0 Å². The molecule has 2 heterocycles. The number of nitrogens with zero attached hydrogens (tertiary/aromatic N) is 4. The summed E-state index contributed by atoms with van der Waals surface area (Å²) in [6.45, 7) is 0.313. The Morgan fingerprint density at radius 1 is 0.909 bits per heavy atom. The molecule has 0 spiro atoms. The maximum atomic E-state index is 12.1. The summed E-state index contributed by atoms with van der Waals surface area (Å²) in [6.07, 6.45) is 0.210. The van der Waals surface area contributed by atoms with Crippen molar-refractivity contribution < 1.29 is 29.4 Å². The zero-order valence-corrected chi connectivity index (χ0v) is 24.7. The average Bonchev–Trinajstić information content (AvgIpc) is 3.55. The van der Waals surface area contributed by atoms with E-state index in [1.807, 2.05) is 78.9 Å². The smallest absolute Gasteiger partial charge is 0.243 e. The number of amides is 2. The number of aliphatic hydroxyl groups is 1. The van der Waals surface area contributed by atoms with E-state index in [9.17, 15) is 14.7 Å². The van der Waals surface area contributed by atoms with Gasteiger partial charge in [0.25, 0.3) is 0 Å². The first kappa shape index (κ1) is 31.3. The van der Waals surface area contributed by atoms with Gasteiger partial charge in [0.1, 0.15) is 0 Å². The number of thioether (sulfide) groups is 1. The van der Waals surface area contributed by atoms with Crippen molar-refractivity contribution >= 4 is 23.6 Å². The van der Waals surface area contributed by atoms with Crippen LogP contribution in [0.1, 0.15) is 60.3 Å². The lowest BCUT2D eigenvalue weighted by Gasteiger charge is -2.36. The van der Waals surface area contributed by atoms with E-state index in [1.54, 1.807) is 10.2 Å². The van der Waals surface area contributed by atoms with Crippen molar-refractivity contribution in [3.63, 3.8) is 0 Å². The van der Waals surface area contributed by atoms with Crippen molar-refractivity contribution in [3.05, 3.63) is 101 Å². The summed E-state index contributed by atoms with van der Waals surface area (Å²) in [5.41, 5.74) is 6.01. The normalized spacial score (nSPS) is 18.1. The van der Waals surface area contributed by atoms with Crippen molar-refractivity contribution in [3.8, 4) is 5.69 Å². The molecule has 230 valence electrons. The van der Waals surface area contributed by atoms with Crippen LogP contribution in [0.4, 0.5) is 0 Å². The summed E-state index contributed by atoms with van der Waals surface area (Å²) in [4.78, 5) is 23.2. The van der Waals surface area contributed by atoms with Crippen LogP contribution in [0.25, 0.3) is 5.69 Å². The van der Waals surface area contributed by atoms with Crippen molar-refractivity contribution in [2.45, 2.75) is 62.5 Å². The maximum absolute atomic E-state index is 12.1. The van der Waals surface area contributed by atoms with Crippen LogP contribution in [-0.4, -0.2) is 54.2 Å². The van der Waals surface area contributed by atoms with Crippen molar-refractivity contribution in [2.75, 3.05) is 5.75 Å². The van der Waals surface area contributed by atoms with E-state index in [-0.39, 0.29) is 37.6 Å². The SMILES string of the molecule is O=C(CCCC(=O)NCc1ccc(C2OC(CSc3nnnn3-c3ccccc3)CC(c3ccc(CO)cc3)O2)cc1)NO. The molecule has 44 heavy (non-hydrogen) atoms. The molecule has 0 bridgehead atoms. The lowest BCUT2D eigenvalue weighted by molar-refractivity contribution is -0.245. The van der Waals surface area contributed by atoms with Gasteiger partial charge in [0.15, 0.2) is 6.29 Å². The molecule has 3 aromatic carbocycles. The highest BCUT2D eigenvalue weighted by molar-refractivity contribution is 7.99. The molecule has 3 atom stereocenters. The van der Waals surface area contributed by atoms with E-state index >= 15 is 0 Å². The number of para-hydroxylation sites is 1. The number of nitrogens with one attached hydrogen (secondary N) is 2. The molecule has 3 unspecified atom stereocenters. The van der Waals surface area contributed by atoms with Gasteiger partial charge in [0, 0.05) is 37.1 Å². The number of aliphatic hydroxyl groups excluding tert-OH is 1. The Bertz CT molecular complexity index is 1500. The first-order valence-electron chi connectivity index (χ1n) is 14.3. The minimum Gasteiger partial charge on any atom is -0.392 e. The number of hydrogen-bond donors (Lipinski definition) is 4. The first-order chi connectivity index (χ1) is 21.5. The van der Waals surface area contributed by atoms with Crippen LogP contribution in [0.2, 0.25) is 0 Å². The van der Waals surface area contributed by atoms with E-state index < -0.39 is 12.2 Å². The fourth-order valence-electron chi connectivity index (χ4n) is 4.74. The minimum absolute atomic E-state index is 0.0272. The second-order valence-corrected chi connectivity index (χ2v) is 11.3.